The molecule has 0 fully saturated rings. The lowest BCUT2D eigenvalue weighted by Crippen LogP contribution is -2.47. The molecule has 0 heterocycles. The maximum absolute atomic E-state index is 12.0. The third kappa shape index (κ3) is 6.69. The molecule has 0 radical (unpaired) electrons. The average molecular weight is 311 g/mol. The standard InChI is InChI=1S/C14H21N3O3S/c1-14(18,11-17(2)3)10-16-21(19,20)9-13-6-4-5-12(7-13)8-15/h4-7,16,18H,9-11H2,1-3H3. The predicted molar refractivity (Wildman–Crippen MR) is 81.0 cm³/mol. The summed E-state index contributed by atoms with van der Waals surface area (Å²) in [5.41, 5.74) is -0.193. The molecule has 0 aromatic heterocycles. The Hall–Kier alpha value is -1.46. The summed E-state index contributed by atoms with van der Waals surface area (Å²) in [6.07, 6.45) is 0. The van der Waals surface area contributed by atoms with Crippen LogP contribution in [0.5, 0.6) is 0 Å². The number of aliphatic hydroxyl groups is 1. The van der Waals surface area contributed by atoms with Gasteiger partial charge in [0.05, 0.1) is 23.0 Å². The van der Waals surface area contributed by atoms with Gasteiger partial charge in [-0.15, -0.1) is 0 Å². The number of sulfonamides is 1. The molecule has 0 amide bonds. The van der Waals surface area contributed by atoms with Crippen LogP contribution in [-0.4, -0.2) is 51.2 Å². The van der Waals surface area contributed by atoms with Crippen LogP contribution in [0, 0.1) is 11.3 Å². The van der Waals surface area contributed by atoms with Gasteiger partial charge < -0.3 is 10.0 Å². The minimum absolute atomic E-state index is 0.0640. The fraction of sp³-hybridized carbons (Fsp3) is 0.500. The highest BCUT2D eigenvalue weighted by atomic mass is 32.2. The number of nitrogens with one attached hydrogen (secondary N) is 1. The van der Waals surface area contributed by atoms with Gasteiger partial charge in [-0.1, -0.05) is 12.1 Å². The van der Waals surface area contributed by atoms with Crippen LogP contribution in [0.25, 0.3) is 0 Å². The minimum atomic E-state index is -3.57. The SMILES string of the molecule is CN(C)CC(C)(O)CNS(=O)(=O)Cc1cccc(C#N)c1. The van der Waals surface area contributed by atoms with E-state index in [0.717, 1.165) is 0 Å². The Balaban J connectivity index is 2.68. The predicted octanol–water partition coefficient (Wildman–Crippen LogP) is 0.290. The van der Waals surface area contributed by atoms with Crippen molar-refractivity contribution in [1.29, 1.82) is 5.26 Å². The third-order valence-electron chi connectivity index (χ3n) is 2.74. The highest BCUT2D eigenvalue weighted by Crippen LogP contribution is 2.09. The number of likely N-dealkylation sites (N-methyl/N-ethyl adjacent to an activating group) is 1. The Morgan fingerprint density at radius 1 is 1.43 bits per heavy atom. The van der Waals surface area contributed by atoms with Gasteiger partial charge in [-0.05, 0) is 38.7 Å². The molecule has 0 aliphatic heterocycles. The van der Waals surface area contributed by atoms with Gasteiger partial charge in [-0.3, -0.25) is 0 Å². The van der Waals surface area contributed by atoms with Gasteiger partial charge in [-0.25, -0.2) is 13.1 Å². The Kier molecular flexibility index (Phi) is 5.87. The number of benzene rings is 1. The maximum Gasteiger partial charge on any atom is 0.215 e. The van der Waals surface area contributed by atoms with Crippen molar-refractivity contribution < 1.29 is 13.5 Å². The quantitative estimate of drug-likeness (QED) is 0.755. The van der Waals surface area contributed by atoms with E-state index in [0.29, 0.717) is 17.7 Å². The summed E-state index contributed by atoms with van der Waals surface area (Å²) in [5, 5.41) is 18.9. The molecule has 0 aliphatic carbocycles. The molecule has 1 rings (SSSR count). The van der Waals surface area contributed by atoms with E-state index in [4.69, 9.17) is 5.26 Å². The molecule has 7 heteroatoms. The summed E-state index contributed by atoms with van der Waals surface area (Å²) >= 11 is 0. The summed E-state index contributed by atoms with van der Waals surface area (Å²) in [4.78, 5) is 1.78. The third-order valence-corrected chi connectivity index (χ3v) is 4.04. The van der Waals surface area contributed by atoms with Gasteiger partial charge in [0.25, 0.3) is 0 Å². The molecule has 6 nitrogen and oxygen atoms in total. The summed E-state index contributed by atoms with van der Waals surface area (Å²) in [7, 11) is 0.0374. The Bertz CT molecular complexity index is 619. The Morgan fingerprint density at radius 3 is 2.67 bits per heavy atom. The smallest absolute Gasteiger partial charge is 0.215 e. The lowest BCUT2D eigenvalue weighted by Gasteiger charge is -2.27. The van der Waals surface area contributed by atoms with Gasteiger partial charge >= 0.3 is 0 Å². The first-order valence-electron chi connectivity index (χ1n) is 6.47. The van der Waals surface area contributed by atoms with Crippen molar-refractivity contribution in [3.63, 3.8) is 0 Å². The van der Waals surface area contributed by atoms with Crippen LogP contribution in [0.2, 0.25) is 0 Å². The maximum atomic E-state index is 12.0. The normalized spacial score (nSPS) is 14.7. The number of nitrogens with zero attached hydrogens (tertiary/aromatic N) is 2. The van der Waals surface area contributed by atoms with E-state index < -0.39 is 15.6 Å². The topological polar surface area (TPSA) is 93.4 Å². The monoisotopic (exact) mass is 311 g/mol. The van der Waals surface area contributed by atoms with Crippen molar-refractivity contribution in [2.45, 2.75) is 18.3 Å². The van der Waals surface area contributed by atoms with Crippen LogP contribution in [0.3, 0.4) is 0 Å². The molecular weight excluding hydrogens is 290 g/mol. The van der Waals surface area contributed by atoms with Crippen LogP contribution < -0.4 is 4.72 Å². The van der Waals surface area contributed by atoms with E-state index in [9.17, 15) is 13.5 Å². The molecular formula is C14H21N3O3S. The second kappa shape index (κ2) is 7.00. The second-order valence-electron chi connectivity index (χ2n) is 5.63. The van der Waals surface area contributed by atoms with E-state index in [-0.39, 0.29) is 12.3 Å². The van der Waals surface area contributed by atoms with Crippen molar-refractivity contribution in [3.8, 4) is 6.07 Å². The molecule has 0 saturated carbocycles. The van der Waals surface area contributed by atoms with E-state index in [2.05, 4.69) is 4.72 Å². The molecule has 2 N–H and O–H groups in total. The zero-order chi connectivity index (χ0) is 16.1. The second-order valence-corrected chi connectivity index (χ2v) is 7.43. The van der Waals surface area contributed by atoms with Crippen molar-refractivity contribution in [2.75, 3.05) is 27.2 Å². The first-order chi connectivity index (χ1) is 9.63. The van der Waals surface area contributed by atoms with Crippen molar-refractivity contribution in [3.05, 3.63) is 35.4 Å². The van der Waals surface area contributed by atoms with Crippen LogP contribution in [0.15, 0.2) is 24.3 Å². The number of hydrogen-bond donors (Lipinski definition) is 2. The van der Waals surface area contributed by atoms with Crippen LogP contribution >= 0.6 is 0 Å². The zero-order valence-electron chi connectivity index (χ0n) is 12.5. The Morgan fingerprint density at radius 2 is 2.10 bits per heavy atom. The van der Waals surface area contributed by atoms with Gasteiger partial charge in [0, 0.05) is 13.1 Å². The first-order valence-corrected chi connectivity index (χ1v) is 8.12. The van der Waals surface area contributed by atoms with E-state index in [1.165, 1.54) is 6.07 Å². The minimum Gasteiger partial charge on any atom is -0.387 e. The first kappa shape index (κ1) is 17.6. The van der Waals surface area contributed by atoms with E-state index in [1.807, 2.05) is 6.07 Å². The largest absolute Gasteiger partial charge is 0.387 e. The molecule has 1 aromatic carbocycles. The van der Waals surface area contributed by atoms with Gasteiger partial charge in [-0.2, -0.15) is 5.26 Å². The molecule has 0 bridgehead atoms. The van der Waals surface area contributed by atoms with E-state index in [1.54, 1.807) is 44.1 Å². The number of rotatable bonds is 7. The fourth-order valence-corrected chi connectivity index (χ4v) is 3.26. The molecule has 1 unspecified atom stereocenters. The summed E-state index contributed by atoms with van der Waals surface area (Å²) in [6.45, 7) is 1.86. The summed E-state index contributed by atoms with van der Waals surface area (Å²) in [6, 6.07) is 8.42. The molecule has 0 aliphatic rings. The van der Waals surface area contributed by atoms with Gasteiger partial charge in [0.15, 0.2) is 0 Å². The lowest BCUT2D eigenvalue weighted by atomic mass is 10.1. The van der Waals surface area contributed by atoms with Gasteiger partial charge in [0.1, 0.15) is 0 Å². The van der Waals surface area contributed by atoms with Gasteiger partial charge in [0.2, 0.25) is 10.0 Å². The van der Waals surface area contributed by atoms with Crippen LogP contribution in [0.1, 0.15) is 18.1 Å². The van der Waals surface area contributed by atoms with Crippen molar-refractivity contribution in [1.82, 2.24) is 9.62 Å². The molecule has 116 valence electrons. The Labute approximate surface area is 126 Å². The summed E-state index contributed by atoms with van der Waals surface area (Å²) < 4.78 is 26.4. The average Bonchev–Trinajstić information content (AvgIpc) is 2.35. The lowest BCUT2D eigenvalue weighted by molar-refractivity contribution is 0.0386. The highest BCUT2D eigenvalue weighted by Gasteiger charge is 2.24. The fourth-order valence-electron chi connectivity index (χ4n) is 2.00. The molecule has 21 heavy (non-hydrogen) atoms. The van der Waals surface area contributed by atoms with E-state index >= 15 is 0 Å². The molecule has 0 spiro atoms. The number of hydrogen-bond acceptors (Lipinski definition) is 5. The molecule has 1 aromatic rings. The van der Waals surface area contributed by atoms with Crippen molar-refractivity contribution >= 4 is 10.0 Å². The highest BCUT2D eigenvalue weighted by molar-refractivity contribution is 7.88. The van der Waals surface area contributed by atoms with Crippen molar-refractivity contribution in [2.24, 2.45) is 0 Å². The summed E-state index contributed by atoms with van der Waals surface area (Å²) in [5.74, 6) is -0.222. The zero-order valence-corrected chi connectivity index (χ0v) is 13.3. The van der Waals surface area contributed by atoms with Crippen LogP contribution in [0.4, 0.5) is 0 Å². The van der Waals surface area contributed by atoms with Crippen LogP contribution in [-0.2, 0) is 15.8 Å². The molecule has 1 atom stereocenters. The number of nitriles is 1. The molecule has 0 saturated heterocycles.